The van der Waals surface area contributed by atoms with Crippen LogP contribution in [0.2, 0.25) is 0 Å². The van der Waals surface area contributed by atoms with E-state index >= 15 is 0 Å². The zero-order valence-corrected chi connectivity index (χ0v) is 12.9. The van der Waals surface area contributed by atoms with Gasteiger partial charge in [0.2, 0.25) is 5.91 Å². The molecule has 5 nitrogen and oxygen atoms in total. The second-order valence-corrected chi connectivity index (χ2v) is 8.79. The van der Waals surface area contributed by atoms with Gasteiger partial charge in [-0.25, -0.2) is 4.79 Å². The molecule has 2 heterocycles. The highest BCUT2D eigenvalue weighted by Gasteiger charge is 2.63. The Morgan fingerprint density at radius 1 is 1.47 bits per heavy atom. The second kappa shape index (κ2) is 4.38. The number of nitrogens with one attached hydrogen (secondary N) is 1. The minimum Gasteiger partial charge on any atom is -0.480 e. The molecule has 0 saturated carbocycles. The fourth-order valence-corrected chi connectivity index (χ4v) is 4.27. The third kappa shape index (κ3) is 2.48. The van der Waals surface area contributed by atoms with Crippen molar-refractivity contribution in [2.75, 3.05) is 6.54 Å². The summed E-state index contributed by atoms with van der Waals surface area (Å²) in [5.41, 5.74) is 0.103. The molecule has 3 atom stereocenters. The van der Waals surface area contributed by atoms with Crippen molar-refractivity contribution in [3.63, 3.8) is 0 Å². The van der Waals surface area contributed by atoms with E-state index in [-0.39, 0.29) is 22.7 Å². The zero-order chi connectivity index (χ0) is 14.6. The van der Waals surface area contributed by atoms with Crippen LogP contribution in [0.25, 0.3) is 0 Å². The van der Waals surface area contributed by atoms with Crippen LogP contribution >= 0.6 is 11.8 Å². The van der Waals surface area contributed by atoms with Crippen molar-refractivity contribution in [1.82, 2.24) is 10.2 Å². The van der Waals surface area contributed by atoms with Crippen molar-refractivity contribution < 1.29 is 14.7 Å². The summed E-state index contributed by atoms with van der Waals surface area (Å²) in [6.45, 7) is 10.8. The lowest BCUT2D eigenvalue weighted by molar-refractivity contribution is -0.160. The van der Waals surface area contributed by atoms with Crippen molar-refractivity contribution in [2.24, 2.45) is 5.41 Å². The molecule has 0 aliphatic carbocycles. The van der Waals surface area contributed by atoms with Crippen LogP contribution in [-0.2, 0) is 9.59 Å². The molecule has 2 aliphatic heterocycles. The maximum atomic E-state index is 12.1. The first-order valence-electron chi connectivity index (χ1n) is 6.51. The number of amides is 1. The van der Waals surface area contributed by atoms with Gasteiger partial charge in [-0.2, -0.15) is 0 Å². The number of carbonyl (C=O) groups excluding carboxylic acids is 1. The lowest BCUT2D eigenvalue weighted by atomic mass is 9.93. The first-order chi connectivity index (χ1) is 8.54. The predicted octanol–water partition coefficient (Wildman–Crippen LogP) is 1.14. The topological polar surface area (TPSA) is 69.6 Å². The second-order valence-electron chi connectivity index (χ2n) is 7.02. The number of fused-ring (bicyclic) bond motifs is 1. The van der Waals surface area contributed by atoms with E-state index in [1.165, 1.54) is 4.90 Å². The fraction of sp³-hybridized carbons (Fsp3) is 0.846. The summed E-state index contributed by atoms with van der Waals surface area (Å²) in [6, 6.07) is -0.962. The van der Waals surface area contributed by atoms with E-state index in [4.69, 9.17) is 0 Å². The van der Waals surface area contributed by atoms with Gasteiger partial charge in [0.25, 0.3) is 0 Å². The van der Waals surface area contributed by atoms with Crippen LogP contribution < -0.4 is 5.32 Å². The smallest absolute Gasteiger partial charge is 0.327 e. The number of carbonyl (C=O) groups is 2. The summed E-state index contributed by atoms with van der Waals surface area (Å²) in [5.74, 6) is -0.998. The average Bonchev–Trinajstić information content (AvgIpc) is 2.45. The Labute approximate surface area is 118 Å². The van der Waals surface area contributed by atoms with Crippen LogP contribution in [0.3, 0.4) is 0 Å². The first kappa shape index (κ1) is 14.7. The molecule has 0 aromatic rings. The average molecular weight is 286 g/mol. The third-order valence-corrected chi connectivity index (χ3v) is 5.10. The molecule has 3 unspecified atom stereocenters. The van der Waals surface area contributed by atoms with E-state index in [1.807, 2.05) is 13.8 Å². The van der Waals surface area contributed by atoms with E-state index < -0.39 is 16.8 Å². The molecule has 2 fully saturated rings. The molecule has 0 spiro atoms. The number of hydrogen-bond acceptors (Lipinski definition) is 4. The number of thioether (sulfide) groups is 1. The molecule has 19 heavy (non-hydrogen) atoms. The largest absolute Gasteiger partial charge is 0.480 e. The Hall–Kier alpha value is -0.750. The molecule has 108 valence electrons. The summed E-state index contributed by atoms with van der Waals surface area (Å²) in [5, 5.41) is 12.5. The molecule has 0 aromatic heterocycles. The van der Waals surface area contributed by atoms with Crippen molar-refractivity contribution in [1.29, 1.82) is 0 Å². The van der Waals surface area contributed by atoms with Gasteiger partial charge in [-0.05, 0) is 19.3 Å². The van der Waals surface area contributed by atoms with Crippen LogP contribution in [0, 0.1) is 5.41 Å². The van der Waals surface area contributed by atoms with Gasteiger partial charge >= 0.3 is 5.97 Å². The lowest BCUT2D eigenvalue weighted by Gasteiger charge is -2.44. The normalized spacial score (nSPS) is 33.0. The molecule has 2 saturated heterocycles. The van der Waals surface area contributed by atoms with Crippen molar-refractivity contribution in [3.05, 3.63) is 0 Å². The van der Waals surface area contributed by atoms with Crippen molar-refractivity contribution >= 4 is 23.6 Å². The molecule has 0 bridgehead atoms. The van der Waals surface area contributed by atoms with Gasteiger partial charge < -0.3 is 15.3 Å². The number of β-lactam (4-membered cyclic amide) rings is 1. The molecule has 1 amide bonds. The lowest BCUT2D eigenvalue weighted by Crippen LogP contribution is -2.70. The molecule has 2 aliphatic rings. The van der Waals surface area contributed by atoms with Gasteiger partial charge in [0.05, 0.1) is 0 Å². The summed E-state index contributed by atoms with van der Waals surface area (Å²) in [7, 11) is 0. The Morgan fingerprint density at radius 3 is 2.53 bits per heavy atom. The molecule has 2 rings (SSSR count). The third-order valence-electron chi connectivity index (χ3n) is 3.53. The minimum atomic E-state index is -0.914. The molecule has 0 radical (unpaired) electrons. The van der Waals surface area contributed by atoms with Gasteiger partial charge in [0.1, 0.15) is 17.5 Å². The summed E-state index contributed by atoms with van der Waals surface area (Å²) in [4.78, 5) is 25.0. The molecule has 6 heteroatoms. The van der Waals surface area contributed by atoms with Gasteiger partial charge in [-0.1, -0.05) is 20.8 Å². The fourth-order valence-electron chi connectivity index (χ4n) is 2.62. The minimum absolute atomic E-state index is 0.0500. The highest BCUT2D eigenvalue weighted by atomic mass is 32.2. The van der Waals surface area contributed by atoms with Gasteiger partial charge in [0.15, 0.2) is 0 Å². The van der Waals surface area contributed by atoms with E-state index in [0.29, 0.717) is 0 Å². The summed E-state index contributed by atoms with van der Waals surface area (Å²) in [6.07, 6.45) is 0. The maximum absolute atomic E-state index is 12.1. The highest BCUT2D eigenvalue weighted by Crippen LogP contribution is 2.50. The van der Waals surface area contributed by atoms with Crippen LogP contribution in [0.15, 0.2) is 0 Å². The summed E-state index contributed by atoms with van der Waals surface area (Å²) >= 11 is 1.58. The summed E-state index contributed by atoms with van der Waals surface area (Å²) < 4.78 is -0.440. The van der Waals surface area contributed by atoms with Crippen molar-refractivity contribution in [3.8, 4) is 0 Å². The Bertz CT molecular complexity index is 417. The molecule has 0 aromatic carbocycles. The van der Waals surface area contributed by atoms with Crippen LogP contribution in [0.4, 0.5) is 0 Å². The maximum Gasteiger partial charge on any atom is 0.327 e. The number of nitrogens with zero attached hydrogens (tertiary/aromatic N) is 1. The first-order valence-corrected chi connectivity index (χ1v) is 7.39. The number of hydrogen-bond donors (Lipinski definition) is 2. The standard InChI is InChI=1S/C13H22N2O3S/c1-12(2,3)6-14-7-9(16)15-8(11(17)18)13(4,5)19-10(7)15/h7-8,10,14H,6H2,1-5H3,(H,17,18). The van der Waals surface area contributed by atoms with E-state index in [9.17, 15) is 14.7 Å². The SMILES string of the molecule is CC(C)(C)CNC1C(=O)N2C1SC(C)(C)C2C(=O)O. The van der Waals surface area contributed by atoms with E-state index in [2.05, 4.69) is 26.1 Å². The van der Waals surface area contributed by atoms with Gasteiger partial charge in [0, 0.05) is 11.3 Å². The van der Waals surface area contributed by atoms with E-state index in [0.717, 1.165) is 6.54 Å². The predicted molar refractivity (Wildman–Crippen MR) is 75.0 cm³/mol. The monoisotopic (exact) mass is 286 g/mol. The van der Waals surface area contributed by atoms with Gasteiger partial charge in [-0.15, -0.1) is 11.8 Å². The Morgan fingerprint density at radius 2 is 2.05 bits per heavy atom. The molecular formula is C13H22N2O3S. The number of rotatable bonds is 3. The van der Waals surface area contributed by atoms with Crippen LogP contribution in [-0.4, -0.2) is 50.6 Å². The highest BCUT2D eigenvalue weighted by molar-refractivity contribution is 8.01. The van der Waals surface area contributed by atoms with Crippen LogP contribution in [0.1, 0.15) is 34.6 Å². The number of aliphatic carboxylic acids is 1. The van der Waals surface area contributed by atoms with Gasteiger partial charge in [-0.3, -0.25) is 4.79 Å². The zero-order valence-electron chi connectivity index (χ0n) is 12.1. The quantitative estimate of drug-likeness (QED) is 0.761. The molecule has 2 N–H and O–H groups in total. The molecular weight excluding hydrogens is 264 g/mol. The Balaban J connectivity index is 2.08. The Kier molecular flexibility index (Phi) is 3.38. The van der Waals surface area contributed by atoms with E-state index in [1.54, 1.807) is 11.8 Å². The van der Waals surface area contributed by atoms with Crippen molar-refractivity contribution in [2.45, 2.75) is 56.8 Å². The number of carboxylic acids is 1. The number of carboxylic acid groups (broad SMARTS) is 1. The van der Waals surface area contributed by atoms with Crippen LogP contribution in [0.5, 0.6) is 0 Å².